The highest BCUT2D eigenvalue weighted by Gasteiger charge is 2.60. The lowest BCUT2D eigenvalue weighted by Crippen LogP contribution is -2.56. The number of esters is 1. The third-order valence-corrected chi connectivity index (χ3v) is 7.75. The highest BCUT2D eigenvalue weighted by atomic mass is 79.9. The molecule has 0 amide bonds. The first-order valence-electron chi connectivity index (χ1n) is 10.2. The Balaban J connectivity index is 1.30. The third-order valence-electron chi connectivity index (χ3n) is 6.82. The Labute approximate surface area is 181 Å². The number of aromatic nitrogens is 2. The molecule has 4 fully saturated rings. The van der Waals surface area contributed by atoms with Crippen LogP contribution in [0.25, 0.3) is 11.5 Å². The number of hydrogen-bond acceptors (Lipinski definition) is 7. The van der Waals surface area contributed by atoms with E-state index in [0.717, 1.165) is 32.1 Å². The van der Waals surface area contributed by atoms with Gasteiger partial charge in [-0.3, -0.25) is 14.9 Å². The number of carbonyl (C=O) groups is 1. The van der Waals surface area contributed by atoms with Gasteiger partial charge in [0.15, 0.2) is 6.10 Å². The number of carbonyl (C=O) groups excluding carboxylic acids is 1. The molecule has 0 radical (unpaired) electrons. The van der Waals surface area contributed by atoms with Crippen LogP contribution in [0, 0.1) is 27.4 Å². The van der Waals surface area contributed by atoms with E-state index in [0.29, 0.717) is 17.4 Å². The molecule has 6 rings (SSSR count). The maximum absolute atomic E-state index is 13.2. The number of nitro benzene ring substituents is 1. The summed E-state index contributed by atoms with van der Waals surface area (Å²) in [5.74, 6) is 1.46. The fraction of sp³-hybridized carbons (Fsp3) is 0.571. The van der Waals surface area contributed by atoms with Crippen molar-refractivity contribution in [2.75, 3.05) is 0 Å². The highest BCUT2D eigenvalue weighted by Crippen LogP contribution is 2.64. The van der Waals surface area contributed by atoms with Crippen LogP contribution in [0.1, 0.15) is 57.4 Å². The molecule has 1 heterocycles. The molecule has 3 unspecified atom stereocenters. The van der Waals surface area contributed by atoms with Crippen LogP contribution in [0.15, 0.2) is 28.7 Å². The number of ether oxygens (including phenoxy) is 1. The van der Waals surface area contributed by atoms with E-state index >= 15 is 0 Å². The van der Waals surface area contributed by atoms with Gasteiger partial charge in [-0.15, -0.1) is 10.2 Å². The molecule has 4 aliphatic rings. The molecule has 4 saturated carbocycles. The third kappa shape index (κ3) is 3.33. The van der Waals surface area contributed by atoms with Gasteiger partial charge in [-0.05, 0) is 69.4 Å². The van der Waals surface area contributed by atoms with E-state index in [9.17, 15) is 14.9 Å². The minimum atomic E-state index is -0.656. The number of alkyl halides is 1. The summed E-state index contributed by atoms with van der Waals surface area (Å²) in [7, 11) is 0. The predicted molar refractivity (Wildman–Crippen MR) is 110 cm³/mol. The standard InChI is InChI=1S/C21H22BrN3O5/c1-12(17-23-24-18(30-17)15-2-4-16(5-3-15)25(27)28)29-19(26)20-7-13-6-14(8-20)10-21(22,9-13)11-20/h2-5,12-14H,6-11H2,1H3. The number of nitrogens with zero attached hydrogens (tertiary/aromatic N) is 3. The van der Waals surface area contributed by atoms with E-state index in [1.54, 1.807) is 19.1 Å². The number of rotatable bonds is 5. The molecular formula is C21H22BrN3O5. The molecule has 2 aromatic rings. The van der Waals surface area contributed by atoms with Gasteiger partial charge in [-0.1, -0.05) is 15.9 Å². The highest BCUT2D eigenvalue weighted by molar-refractivity contribution is 9.10. The maximum atomic E-state index is 13.2. The van der Waals surface area contributed by atoms with Crippen LogP contribution in [0.5, 0.6) is 0 Å². The number of hydrogen-bond donors (Lipinski definition) is 0. The molecule has 1 aromatic carbocycles. The first kappa shape index (κ1) is 19.7. The first-order valence-corrected chi connectivity index (χ1v) is 11.0. The van der Waals surface area contributed by atoms with Crippen molar-refractivity contribution < 1.29 is 18.9 Å². The lowest BCUT2D eigenvalue weighted by atomic mass is 9.49. The number of nitro groups is 1. The Morgan fingerprint density at radius 2 is 1.90 bits per heavy atom. The normalized spacial score (nSPS) is 32.7. The van der Waals surface area contributed by atoms with Crippen LogP contribution in [0.2, 0.25) is 0 Å². The Kier molecular flexibility index (Phi) is 4.50. The van der Waals surface area contributed by atoms with Crippen molar-refractivity contribution in [3.8, 4) is 11.5 Å². The Bertz CT molecular complexity index is 990. The quantitative estimate of drug-likeness (QED) is 0.259. The van der Waals surface area contributed by atoms with Gasteiger partial charge in [0.1, 0.15) is 0 Å². The molecule has 0 aliphatic heterocycles. The van der Waals surface area contributed by atoms with Crippen LogP contribution in [0.3, 0.4) is 0 Å². The van der Waals surface area contributed by atoms with Crippen molar-refractivity contribution in [1.82, 2.24) is 10.2 Å². The predicted octanol–water partition coefficient (Wildman–Crippen LogP) is 4.98. The summed E-state index contributed by atoms with van der Waals surface area (Å²) >= 11 is 3.92. The monoisotopic (exact) mass is 475 g/mol. The van der Waals surface area contributed by atoms with Gasteiger partial charge >= 0.3 is 5.97 Å². The first-order chi connectivity index (χ1) is 14.3. The topological polar surface area (TPSA) is 108 Å². The summed E-state index contributed by atoms with van der Waals surface area (Å²) in [5.41, 5.74) is 0.143. The minimum Gasteiger partial charge on any atom is -0.452 e. The summed E-state index contributed by atoms with van der Waals surface area (Å²) in [4.78, 5) is 23.5. The van der Waals surface area contributed by atoms with Gasteiger partial charge in [-0.25, -0.2) is 0 Å². The smallest absolute Gasteiger partial charge is 0.312 e. The number of halogens is 1. The molecule has 158 valence electrons. The van der Waals surface area contributed by atoms with E-state index in [-0.39, 0.29) is 27.8 Å². The molecule has 0 N–H and O–H groups in total. The van der Waals surface area contributed by atoms with E-state index in [4.69, 9.17) is 9.15 Å². The molecule has 4 bridgehead atoms. The van der Waals surface area contributed by atoms with Gasteiger partial charge in [0.2, 0.25) is 5.89 Å². The lowest BCUT2D eigenvalue weighted by Gasteiger charge is -2.58. The second-order valence-corrected chi connectivity index (χ2v) is 10.9. The largest absolute Gasteiger partial charge is 0.452 e. The second-order valence-electron chi connectivity index (χ2n) is 9.19. The van der Waals surface area contributed by atoms with Crippen molar-refractivity contribution >= 4 is 27.6 Å². The average Bonchev–Trinajstić information content (AvgIpc) is 3.16. The molecule has 3 atom stereocenters. The van der Waals surface area contributed by atoms with Crippen molar-refractivity contribution in [3.05, 3.63) is 40.3 Å². The van der Waals surface area contributed by atoms with Crippen LogP contribution in [0.4, 0.5) is 5.69 Å². The van der Waals surface area contributed by atoms with E-state index < -0.39 is 16.4 Å². The van der Waals surface area contributed by atoms with Crippen molar-refractivity contribution in [2.24, 2.45) is 17.3 Å². The van der Waals surface area contributed by atoms with Gasteiger partial charge in [-0.2, -0.15) is 0 Å². The van der Waals surface area contributed by atoms with Gasteiger partial charge in [0.25, 0.3) is 11.6 Å². The molecule has 0 spiro atoms. The van der Waals surface area contributed by atoms with Crippen molar-refractivity contribution in [3.63, 3.8) is 0 Å². The van der Waals surface area contributed by atoms with Crippen molar-refractivity contribution in [2.45, 2.75) is 55.9 Å². The molecule has 9 heteroatoms. The number of benzene rings is 1. The summed E-state index contributed by atoms with van der Waals surface area (Å²) < 4.78 is 11.6. The van der Waals surface area contributed by atoms with E-state index in [1.807, 2.05) is 0 Å². The SMILES string of the molecule is CC(OC(=O)C12CC3CC(CC(Br)(C3)C1)C2)c1nnc(-c2ccc([N+](=O)[O-])cc2)o1. The Morgan fingerprint density at radius 3 is 2.50 bits per heavy atom. The van der Waals surface area contributed by atoms with Crippen LogP contribution in [-0.4, -0.2) is 25.4 Å². The second kappa shape index (κ2) is 6.87. The zero-order valence-corrected chi connectivity index (χ0v) is 18.1. The summed E-state index contributed by atoms with van der Waals surface area (Å²) in [6.07, 6.45) is 5.50. The van der Waals surface area contributed by atoms with Crippen molar-refractivity contribution in [1.29, 1.82) is 0 Å². The molecule has 1 aromatic heterocycles. The number of non-ortho nitro benzene ring substituents is 1. The fourth-order valence-electron chi connectivity index (χ4n) is 5.97. The van der Waals surface area contributed by atoms with E-state index in [1.165, 1.54) is 18.6 Å². The summed E-state index contributed by atoms with van der Waals surface area (Å²) in [5, 5.41) is 18.8. The molecular weight excluding hydrogens is 454 g/mol. The molecule has 0 saturated heterocycles. The van der Waals surface area contributed by atoms with Gasteiger partial charge < -0.3 is 9.15 Å². The summed E-state index contributed by atoms with van der Waals surface area (Å²) in [6.45, 7) is 1.73. The Morgan fingerprint density at radius 1 is 1.23 bits per heavy atom. The van der Waals surface area contributed by atoms with Crippen LogP contribution >= 0.6 is 15.9 Å². The zero-order chi connectivity index (χ0) is 21.1. The maximum Gasteiger partial charge on any atom is 0.312 e. The van der Waals surface area contributed by atoms with Crippen LogP contribution < -0.4 is 0 Å². The molecule has 4 aliphatic carbocycles. The fourth-order valence-corrected chi connectivity index (χ4v) is 7.42. The van der Waals surface area contributed by atoms with Gasteiger partial charge in [0, 0.05) is 22.0 Å². The van der Waals surface area contributed by atoms with E-state index in [2.05, 4.69) is 26.1 Å². The zero-order valence-electron chi connectivity index (χ0n) is 16.5. The Hall–Kier alpha value is -2.29. The molecule has 8 nitrogen and oxygen atoms in total. The van der Waals surface area contributed by atoms with Crippen LogP contribution in [-0.2, 0) is 9.53 Å². The average molecular weight is 476 g/mol. The minimum absolute atomic E-state index is 0.0130. The molecule has 30 heavy (non-hydrogen) atoms. The summed E-state index contributed by atoms with van der Waals surface area (Å²) in [6, 6.07) is 5.87. The lowest BCUT2D eigenvalue weighted by molar-refractivity contribution is -0.384. The van der Waals surface area contributed by atoms with Gasteiger partial charge in [0.05, 0.1) is 10.3 Å².